The van der Waals surface area contributed by atoms with Gasteiger partial charge in [-0.25, -0.2) is 13.2 Å². The lowest BCUT2D eigenvalue weighted by atomic mass is 10.2. The minimum Gasteiger partial charge on any atom is -0.384 e. The van der Waals surface area contributed by atoms with Gasteiger partial charge >= 0.3 is 0 Å². The molecular formula is C14H14F3NO3. The highest BCUT2D eigenvalue weighted by Crippen LogP contribution is 2.14. The van der Waals surface area contributed by atoms with Crippen LogP contribution in [0.15, 0.2) is 18.2 Å². The Hall–Kier alpha value is -2.04. The van der Waals surface area contributed by atoms with Crippen LogP contribution in [0.2, 0.25) is 0 Å². The molecule has 2 N–H and O–H groups in total. The summed E-state index contributed by atoms with van der Waals surface area (Å²) in [6.07, 6.45) is -2.67. The number of nitrogens with one attached hydrogen (secondary N) is 1. The van der Waals surface area contributed by atoms with Gasteiger partial charge in [-0.1, -0.05) is 11.8 Å². The van der Waals surface area contributed by atoms with Crippen molar-refractivity contribution < 1.29 is 27.8 Å². The number of carbonyl (C=O) groups is 1. The molecule has 0 aliphatic heterocycles. The third kappa shape index (κ3) is 6.79. The first-order chi connectivity index (χ1) is 10.0. The van der Waals surface area contributed by atoms with Crippen LogP contribution < -0.4 is 5.32 Å². The molecule has 1 aromatic carbocycles. The number of hydrogen-bond acceptors (Lipinski definition) is 3. The molecule has 0 saturated carbocycles. The molecule has 1 amide bonds. The Morgan fingerprint density at radius 2 is 2.19 bits per heavy atom. The molecule has 0 bridgehead atoms. The summed E-state index contributed by atoms with van der Waals surface area (Å²) in [5.74, 6) is 3.68. The second-order valence-corrected chi connectivity index (χ2v) is 3.92. The molecule has 0 atom stereocenters. The third-order valence-electron chi connectivity index (χ3n) is 2.27. The fraction of sp³-hybridized carbons (Fsp3) is 0.357. The van der Waals surface area contributed by atoms with E-state index in [1.54, 1.807) is 0 Å². The largest absolute Gasteiger partial charge is 0.384 e. The maximum absolute atomic E-state index is 13.4. The fourth-order valence-electron chi connectivity index (χ4n) is 1.39. The van der Waals surface area contributed by atoms with Crippen molar-refractivity contribution in [3.8, 4) is 11.8 Å². The summed E-state index contributed by atoms with van der Waals surface area (Å²) in [4.78, 5) is 11.5. The third-order valence-corrected chi connectivity index (χ3v) is 2.27. The van der Waals surface area contributed by atoms with Crippen LogP contribution in [0, 0.1) is 17.7 Å². The van der Waals surface area contributed by atoms with Gasteiger partial charge in [0.25, 0.3) is 6.43 Å². The van der Waals surface area contributed by atoms with Gasteiger partial charge in [-0.15, -0.1) is 0 Å². The van der Waals surface area contributed by atoms with Gasteiger partial charge in [-0.2, -0.15) is 0 Å². The summed E-state index contributed by atoms with van der Waals surface area (Å²) < 4.78 is 41.5. The van der Waals surface area contributed by atoms with Crippen LogP contribution in [-0.2, 0) is 9.53 Å². The van der Waals surface area contributed by atoms with Crippen molar-refractivity contribution in [3.05, 3.63) is 29.6 Å². The Balaban J connectivity index is 2.52. The first-order valence-electron chi connectivity index (χ1n) is 6.08. The molecule has 4 nitrogen and oxygen atoms in total. The van der Waals surface area contributed by atoms with Gasteiger partial charge in [0, 0.05) is 5.69 Å². The van der Waals surface area contributed by atoms with E-state index in [1.165, 1.54) is 12.1 Å². The number of hydrogen-bond donors (Lipinski definition) is 2. The van der Waals surface area contributed by atoms with E-state index in [4.69, 9.17) is 5.11 Å². The minimum atomic E-state index is -2.57. The molecule has 114 valence electrons. The van der Waals surface area contributed by atoms with Gasteiger partial charge in [-0.05, 0) is 18.2 Å². The van der Waals surface area contributed by atoms with Gasteiger partial charge in [0.1, 0.15) is 19.0 Å². The van der Waals surface area contributed by atoms with E-state index in [0.29, 0.717) is 5.69 Å². The van der Waals surface area contributed by atoms with Crippen LogP contribution in [0.1, 0.15) is 12.0 Å². The van der Waals surface area contributed by atoms with Gasteiger partial charge in [0.2, 0.25) is 5.91 Å². The van der Waals surface area contributed by atoms with Gasteiger partial charge in [0.05, 0.1) is 18.6 Å². The smallest absolute Gasteiger partial charge is 0.261 e. The molecule has 7 heteroatoms. The van der Waals surface area contributed by atoms with E-state index in [-0.39, 0.29) is 18.6 Å². The molecule has 0 aliphatic rings. The predicted octanol–water partition coefficient (Wildman–Crippen LogP) is 1.78. The first-order valence-corrected chi connectivity index (χ1v) is 6.08. The zero-order valence-electron chi connectivity index (χ0n) is 11.0. The Bertz CT molecular complexity index is 538. The lowest BCUT2D eigenvalue weighted by molar-refractivity contribution is -0.117. The van der Waals surface area contributed by atoms with E-state index in [9.17, 15) is 18.0 Å². The number of halogens is 3. The molecule has 1 rings (SSSR count). The number of amides is 1. The molecule has 0 spiro atoms. The number of anilines is 1. The Kier molecular flexibility index (Phi) is 7.29. The number of carbonyl (C=O) groups excluding carboxylic acids is 1. The van der Waals surface area contributed by atoms with Crippen molar-refractivity contribution in [1.82, 2.24) is 0 Å². The Labute approximate surface area is 119 Å². The van der Waals surface area contributed by atoms with Crippen LogP contribution in [0.5, 0.6) is 0 Å². The maximum atomic E-state index is 13.4. The monoisotopic (exact) mass is 301 g/mol. The molecule has 0 unspecified atom stereocenters. The topological polar surface area (TPSA) is 58.6 Å². The van der Waals surface area contributed by atoms with Crippen LogP contribution >= 0.6 is 0 Å². The SMILES string of the molecule is O=C(CCOCC(F)F)Nc1ccc(F)c(C#CCO)c1. The Morgan fingerprint density at radius 3 is 2.86 bits per heavy atom. The number of ether oxygens (including phenoxy) is 1. The van der Waals surface area contributed by atoms with Crippen molar-refractivity contribution >= 4 is 11.6 Å². The zero-order valence-corrected chi connectivity index (χ0v) is 11.0. The first kappa shape index (κ1) is 17.0. The van der Waals surface area contributed by atoms with Gasteiger partial charge in [-0.3, -0.25) is 4.79 Å². The summed E-state index contributed by atoms with van der Waals surface area (Å²) in [6.45, 7) is -1.25. The molecule has 1 aromatic rings. The lowest BCUT2D eigenvalue weighted by Crippen LogP contribution is -2.15. The van der Waals surface area contributed by atoms with E-state index in [2.05, 4.69) is 21.9 Å². The van der Waals surface area contributed by atoms with Crippen molar-refractivity contribution in [1.29, 1.82) is 0 Å². The minimum absolute atomic E-state index is 0.0378. The molecule has 0 saturated heterocycles. The Morgan fingerprint density at radius 1 is 1.43 bits per heavy atom. The lowest BCUT2D eigenvalue weighted by Gasteiger charge is -2.07. The van der Waals surface area contributed by atoms with Crippen molar-refractivity contribution in [2.24, 2.45) is 0 Å². The average Bonchev–Trinajstić information content (AvgIpc) is 2.44. The average molecular weight is 301 g/mol. The summed E-state index contributed by atoms with van der Waals surface area (Å²) in [5.41, 5.74) is 0.355. The number of alkyl halides is 2. The van der Waals surface area contributed by atoms with Gasteiger partial charge < -0.3 is 15.2 Å². The molecular weight excluding hydrogens is 287 g/mol. The summed E-state index contributed by atoms with van der Waals surface area (Å²) >= 11 is 0. The van der Waals surface area contributed by atoms with E-state index in [0.717, 1.165) is 6.07 Å². The number of rotatable bonds is 6. The quantitative estimate of drug-likeness (QED) is 0.622. The number of benzene rings is 1. The second kappa shape index (κ2) is 9.00. The van der Waals surface area contributed by atoms with Crippen LogP contribution in [0.25, 0.3) is 0 Å². The zero-order chi connectivity index (χ0) is 15.7. The van der Waals surface area contributed by atoms with Crippen LogP contribution in [-0.4, -0.2) is 37.3 Å². The number of aliphatic hydroxyl groups is 1. The number of aliphatic hydroxyl groups excluding tert-OH is 1. The maximum Gasteiger partial charge on any atom is 0.261 e. The highest BCUT2D eigenvalue weighted by molar-refractivity contribution is 5.90. The molecule has 21 heavy (non-hydrogen) atoms. The summed E-state index contributed by atoms with van der Waals surface area (Å²) in [5, 5.41) is 11.0. The van der Waals surface area contributed by atoms with Crippen molar-refractivity contribution in [2.75, 3.05) is 25.1 Å². The van der Waals surface area contributed by atoms with E-state index < -0.39 is 31.4 Å². The highest BCUT2D eigenvalue weighted by atomic mass is 19.3. The van der Waals surface area contributed by atoms with E-state index >= 15 is 0 Å². The molecule has 0 radical (unpaired) electrons. The van der Waals surface area contributed by atoms with Crippen LogP contribution in [0.3, 0.4) is 0 Å². The van der Waals surface area contributed by atoms with Crippen LogP contribution in [0.4, 0.5) is 18.9 Å². The molecule has 0 aromatic heterocycles. The normalized spacial score (nSPS) is 10.1. The van der Waals surface area contributed by atoms with Crippen molar-refractivity contribution in [3.63, 3.8) is 0 Å². The van der Waals surface area contributed by atoms with Crippen molar-refractivity contribution in [2.45, 2.75) is 12.8 Å². The molecule has 0 fully saturated rings. The standard InChI is InChI=1S/C14H14F3NO3/c15-12-4-3-11(8-10(12)2-1-6-19)18-14(20)5-7-21-9-13(16)17/h3-4,8,13,19H,5-7,9H2,(H,18,20). The highest BCUT2D eigenvalue weighted by Gasteiger charge is 2.07. The van der Waals surface area contributed by atoms with E-state index in [1.807, 2.05) is 0 Å². The summed E-state index contributed by atoms with van der Waals surface area (Å²) in [7, 11) is 0. The van der Waals surface area contributed by atoms with Gasteiger partial charge in [0.15, 0.2) is 0 Å². The molecule has 0 aliphatic carbocycles. The summed E-state index contributed by atoms with van der Waals surface area (Å²) in [6, 6.07) is 3.79. The second-order valence-electron chi connectivity index (χ2n) is 3.92. The molecule has 0 heterocycles. The fourth-order valence-corrected chi connectivity index (χ4v) is 1.39. The predicted molar refractivity (Wildman–Crippen MR) is 70.4 cm³/mol.